The van der Waals surface area contributed by atoms with E-state index < -0.39 is 58.7 Å². The fourth-order valence-electron chi connectivity index (χ4n) is 2.31. The molecule has 0 saturated carbocycles. The molecule has 0 aliphatic carbocycles. The van der Waals surface area contributed by atoms with Crippen LogP contribution in [0, 0.1) is 5.82 Å². The molecule has 132 valence electrons. The van der Waals surface area contributed by atoms with Gasteiger partial charge in [0.25, 0.3) is 11.7 Å². The molecule has 1 N–H and O–H groups in total. The molecule has 0 bridgehead atoms. The molecule has 1 atom stereocenters. The van der Waals surface area contributed by atoms with Crippen molar-refractivity contribution in [2.75, 3.05) is 13.2 Å². The number of hydrogen-bond acceptors (Lipinski definition) is 4. The van der Waals surface area contributed by atoms with E-state index in [2.05, 4.69) is 4.74 Å². The molecule has 1 amide bonds. The summed E-state index contributed by atoms with van der Waals surface area (Å²) in [6.07, 6.45) is -5.38. The number of rotatable bonds is 4. The van der Waals surface area contributed by atoms with Crippen LogP contribution in [0.25, 0.3) is 0 Å². The molecule has 1 aliphatic heterocycles. The normalized spacial score (nSPS) is 20.9. The van der Waals surface area contributed by atoms with Crippen molar-refractivity contribution in [1.82, 2.24) is 9.88 Å². The standard InChI is InChI=1S/C13H11ClF4N2O4/c1-20-6(4-21)8(15)7(10(20)14)9(22)11(23)19-12(13(16,17)18)2-3-24-5-12/h4H,2-3,5H2,1H3,(H,19,23). The quantitative estimate of drug-likeness (QED) is 0.378. The summed E-state index contributed by atoms with van der Waals surface area (Å²) in [6, 6.07) is 0. The predicted molar refractivity (Wildman–Crippen MR) is 72.5 cm³/mol. The second-order valence-electron chi connectivity index (χ2n) is 5.21. The third-order valence-corrected chi connectivity index (χ3v) is 4.21. The van der Waals surface area contributed by atoms with Gasteiger partial charge in [-0.2, -0.15) is 13.2 Å². The number of ether oxygens (including phenoxy) is 1. The van der Waals surface area contributed by atoms with Gasteiger partial charge in [-0.05, 0) is 0 Å². The first-order chi connectivity index (χ1) is 11.1. The Balaban J connectivity index is 2.34. The molecule has 0 spiro atoms. The molecule has 6 nitrogen and oxygen atoms in total. The van der Waals surface area contributed by atoms with E-state index in [9.17, 15) is 31.9 Å². The van der Waals surface area contributed by atoms with Crippen LogP contribution in [0.3, 0.4) is 0 Å². The third-order valence-electron chi connectivity index (χ3n) is 3.77. The van der Waals surface area contributed by atoms with Crippen LogP contribution in [0.15, 0.2) is 0 Å². The Labute approximate surface area is 137 Å². The number of nitrogens with one attached hydrogen (secondary N) is 1. The Morgan fingerprint density at radius 1 is 1.42 bits per heavy atom. The third kappa shape index (κ3) is 2.80. The van der Waals surface area contributed by atoms with Gasteiger partial charge in [0, 0.05) is 20.1 Å². The van der Waals surface area contributed by atoms with Gasteiger partial charge in [-0.3, -0.25) is 14.4 Å². The molecular formula is C13H11ClF4N2O4. The van der Waals surface area contributed by atoms with Gasteiger partial charge in [0.1, 0.15) is 16.4 Å². The summed E-state index contributed by atoms with van der Waals surface area (Å²) < 4.78 is 59.0. The number of halogens is 5. The highest BCUT2D eigenvalue weighted by atomic mass is 35.5. The number of carbonyl (C=O) groups excluding carboxylic acids is 3. The fourth-order valence-corrected chi connectivity index (χ4v) is 2.57. The van der Waals surface area contributed by atoms with Crippen LogP contribution in [0.1, 0.15) is 27.3 Å². The second kappa shape index (κ2) is 6.17. The van der Waals surface area contributed by atoms with Gasteiger partial charge in [-0.15, -0.1) is 0 Å². The van der Waals surface area contributed by atoms with E-state index in [0.29, 0.717) is 0 Å². The molecule has 24 heavy (non-hydrogen) atoms. The summed E-state index contributed by atoms with van der Waals surface area (Å²) in [5.74, 6) is -4.68. The average Bonchev–Trinajstić information content (AvgIpc) is 3.04. The van der Waals surface area contributed by atoms with Crippen molar-refractivity contribution in [3.63, 3.8) is 0 Å². The number of amides is 1. The average molecular weight is 371 g/mol. The van der Waals surface area contributed by atoms with Crippen LogP contribution in [0.2, 0.25) is 5.15 Å². The van der Waals surface area contributed by atoms with E-state index in [1.165, 1.54) is 0 Å². The van der Waals surface area contributed by atoms with Gasteiger partial charge in [0.05, 0.1) is 6.61 Å². The van der Waals surface area contributed by atoms with Crippen molar-refractivity contribution in [3.05, 3.63) is 22.2 Å². The predicted octanol–water partition coefficient (Wildman–Crippen LogP) is 1.65. The van der Waals surface area contributed by atoms with Crippen LogP contribution in [0.4, 0.5) is 17.6 Å². The number of alkyl halides is 3. The van der Waals surface area contributed by atoms with Gasteiger partial charge in [0.2, 0.25) is 0 Å². The number of aromatic nitrogens is 1. The minimum absolute atomic E-state index is 0.0674. The highest BCUT2D eigenvalue weighted by molar-refractivity contribution is 6.47. The Bertz CT molecular complexity index is 708. The molecule has 1 aromatic heterocycles. The van der Waals surface area contributed by atoms with Gasteiger partial charge in [0.15, 0.2) is 17.6 Å². The molecule has 1 saturated heterocycles. The molecular weight excluding hydrogens is 360 g/mol. The minimum Gasteiger partial charge on any atom is -0.379 e. The zero-order valence-electron chi connectivity index (χ0n) is 12.2. The number of Topliss-reactive ketones (excluding diaryl/α,β-unsaturated/α-hetero) is 1. The largest absolute Gasteiger partial charge is 0.413 e. The van der Waals surface area contributed by atoms with Crippen molar-refractivity contribution in [2.24, 2.45) is 7.05 Å². The topological polar surface area (TPSA) is 77.4 Å². The van der Waals surface area contributed by atoms with E-state index in [1.807, 2.05) is 0 Å². The summed E-state index contributed by atoms with van der Waals surface area (Å²) in [4.78, 5) is 34.7. The van der Waals surface area contributed by atoms with Gasteiger partial charge in [-0.25, -0.2) is 4.39 Å². The van der Waals surface area contributed by atoms with Gasteiger partial charge < -0.3 is 14.6 Å². The molecule has 1 aromatic rings. The lowest BCUT2D eigenvalue weighted by Crippen LogP contribution is -2.60. The Kier molecular flexibility index (Phi) is 4.73. The zero-order valence-corrected chi connectivity index (χ0v) is 12.9. The van der Waals surface area contributed by atoms with E-state index >= 15 is 0 Å². The van der Waals surface area contributed by atoms with E-state index in [1.54, 1.807) is 5.32 Å². The Hall–Kier alpha value is -1.94. The Morgan fingerprint density at radius 2 is 2.04 bits per heavy atom. The van der Waals surface area contributed by atoms with Crippen LogP contribution < -0.4 is 5.32 Å². The lowest BCUT2D eigenvalue weighted by atomic mass is 9.97. The number of aldehydes is 1. The number of carbonyl (C=O) groups is 3. The number of nitrogens with zero attached hydrogens (tertiary/aromatic N) is 1. The molecule has 0 radical (unpaired) electrons. The van der Waals surface area contributed by atoms with Gasteiger partial charge in [-0.1, -0.05) is 11.6 Å². The number of ketones is 1. The first kappa shape index (κ1) is 18.4. The molecule has 2 rings (SSSR count). The van der Waals surface area contributed by atoms with Gasteiger partial charge >= 0.3 is 6.18 Å². The summed E-state index contributed by atoms with van der Waals surface area (Å²) >= 11 is 5.69. The Morgan fingerprint density at radius 3 is 2.46 bits per heavy atom. The zero-order chi connectivity index (χ0) is 18.3. The molecule has 2 heterocycles. The number of hydrogen-bond donors (Lipinski definition) is 1. The summed E-state index contributed by atoms with van der Waals surface area (Å²) in [6.45, 7) is -1.12. The minimum atomic E-state index is -4.87. The first-order valence-corrected chi connectivity index (χ1v) is 6.93. The molecule has 1 aliphatic rings. The smallest absolute Gasteiger partial charge is 0.379 e. The van der Waals surface area contributed by atoms with Crippen molar-refractivity contribution in [1.29, 1.82) is 0 Å². The molecule has 11 heteroatoms. The summed E-state index contributed by atoms with van der Waals surface area (Å²) in [7, 11) is 1.16. The van der Waals surface area contributed by atoms with Crippen LogP contribution in [0.5, 0.6) is 0 Å². The van der Waals surface area contributed by atoms with Crippen molar-refractivity contribution in [3.8, 4) is 0 Å². The molecule has 1 unspecified atom stereocenters. The maximum Gasteiger partial charge on any atom is 0.413 e. The molecule has 0 aromatic carbocycles. The summed E-state index contributed by atoms with van der Waals surface area (Å²) in [5, 5.41) is 1.000. The SMILES string of the molecule is Cn1c(Cl)c(C(=O)C(=O)NC2(C(F)(F)F)CCOC2)c(F)c1C=O. The van der Waals surface area contributed by atoms with E-state index in [-0.39, 0.29) is 12.9 Å². The summed E-state index contributed by atoms with van der Waals surface area (Å²) in [5.41, 5.74) is -4.30. The lowest BCUT2D eigenvalue weighted by molar-refractivity contribution is -0.196. The first-order valence-electron chi connectivity index (χ1n) is 6.56. The monoisotopic (exact) mass is 370 g/mol. The highest BCUT2D eigenvalue weighted by Gasteiger charge is 2.58. The molecule has 1 fully saturated rings. The maximum absolute atomic E-state index is 14.0. The second-order valence-corrected chi connectivity index (χ2v) is 5.57. The lowest BCUT2D eigenvalue weighted by Gasteiger charge is -2.30. The van der Waals surface area contributed by atoms with Crippen molar-refractivity contribution >= 4 is 29.6 Å². The maximum atomic E-state index is 14.0. The van der Waals surface area contributed by atoms with Crippen LogP contribution in [-0.2, 0) is 16.6 Å². The van der Waals surface area contributed by atoms with Crippen molar-refractivity contribution in [2.45, 2.75) is 18.1 Å². The van der Waals surface area contributed by atoms with Crippen LogP contribution >= 0.6 is 11.6 Å². The fraction of sp³-hybridized carbons (Fsp3) is 0.462. The van der Waals surface area contributed by atoms with Crippen molar-refractivity contribution < 1.29 is 36.7 Å². The van der Waals surface area contributed by atoms with E-state index in [4.69, 9.17) is 11.6 Å². The van der Waals surface area contributed by atoms with E-state index in [0.717, 1.165) is 11.6 Å². The highest BCUT2D eigenvalue weighted by Crippen LogP contribution is 2.37. The van der Waals surface area contributed by atoms with Crippen LogP contribution in [-0.4, -0.2) is 47.5 Å².